The molecule has 3 aromatic rings. The summed E-state index contributed by atoms with van der Waals surface area (Å²) in [7, 11) is -23.8. The predicted molar refractivity (Wildman–Crippen MR) is 402 cm³/mol. The largest absolute Gasteiger partial charge is 0.490 e. The molecule has 8 atom stereocenters. The number of carboxylic acids is 3. The lowest BCUT2D eigenvalue weighted by molar-refractivity contribution is -0.433. The van der Waals surface area contributed by atoms with Crippen LogP contribution in [-0.4, -0.2) is 208 Å². The molecule has 6 rings (SSSR count). The number of aliphatic hydroxyl groups is 1. The lowest BCUT2D eigenvalue weighted by Crippen LogP contribution is -2.52. The molecule has 0 aliphatic carbocycles. The van der Waals surface area contributed by atoms with E-state index < -0.39 is 164 Å². The molecule has 3 aliphatic heterocycles. The van der Waals surface area contributed by atoms with Crippen molar-refractivity contribution in [3.05, 3.63) is 106 Å². The highest BCUT2D eigenvalue weighted by Gasteiger charge is 2.46. The molecule has 1 aromatic heterocycles. The highest BCUT2D eigenvalue weighted by atomic mass is 33.1. The number of rotatable bonds is 43. The number of benzene rings is 2. The van der Waals surface area contributed by atoms with E-state index in [9.17, 15) is 108 Å². The quantitative estimate of drug-likeness (QED) is 0.00736. The van der Waals surface area contributed by atoms with E-state index in [0.717, 1.165) is 38.7 Å². The molecule has 40 nitrogen and oxygen atoms in total. The number of unbranched alkanes of at least 4 members (excludes halogenated alkanes) is 4. The summed E-state index contributed by atoms with van der Waals surface area (Å²) in [5.74, 6) is -3.20. The lowest BCUT2D eigenvalue weighted by Gasteiger charge is -2.27. The number of aliphatic carboxylic acids is 3. The number of phosphoric acid groups is 3. The number of nitrogen functional groups attached to an aromatic ring is 1. The highest BCUT2D eigenvalue weighted by molar-refractivity contribution is 8.76. The third-order valence-corrected chi connectivity index (χ3v) is 25.3. The third kappa shape index (κ3) is 27.6. The molecule has 3 aliphatic rings. The smallest absolute Gasteiger partial charge is 0.481 e. The van der Waals surface area contributed by atoms with Crippen LogP contribution in [0.3, 0.4) is 0 Å². The van der Waals surface area contributed by atoms with E-state index in [0.29, 0.717) is 55.6 Å². The molecule has 17 N–H and O–H groups in total. The summed E-state index contributed by atoms with van der Waals surface area (Å²) in [6, 6.07) is 4.04. The zero-order chi connectivity index (χ0) is 83.5. The van der Waals surface area contributed by atoms with Crippen LogP contribution in [0.25, 0.3) is 0 Å². The van der Waals surface area contributed by atoms with Gasteiger partial charge in [0.2, 0.25) is 35.2 Å². The van der Waals surface area contributed by atoms with E-state index >= 15 is 0 Å². The topological polar surface area (TPSA) is 623 Å². The van der Waals surface area contributed by atoms with Gasteiger partial charge in [-0.05, 0) is 88.4 Å². The van der Waals surface area contributed by atoms with E-state index in [1.165, 1.54) is 35.1 Å². The Bertz CT molecular complexity index is 4710. The first-order valence-electron chi connectivity index (χ1n) is 34.2. The molecule has 1 fully saturated rings. The van der Waals surface area contributed by atoms with E-state index in [1.54, 1.807) is 12.1 Å². The molecule has 1 saturated heterocycles. The summed E-state index contributed by atoms with van der Waals surface area (Å²) in [6.07, 6.45) is 5.52. The van der Waals surface area contributed by atoms with E-state index in [4.69, 9.17) is 25.4 Å². The molecule has 47 heteroatoms. The van der Waals surface area contributed by atoms with Gasteiger partial charge in [0.15, 0.2) is 5.71 Å². The van der Waals surface area contributed by atoms with Gasteiger partial charge in [-0.15, -0.1) is 0 Å². The normalized spacial score (nSPS) is 18.8. The monoisotopic (exact) mass is 1710 g/mol. The first-order valence-corrected chi connectivity index (χ1v) is 44.1. The van der Waals surface area contributed by atoms with Crippen LogP contribution < -0.4 is 42.9 Å². The van der Waals surface area contributed by atoms with Crippen molar-refractivity contribution < 1.29 is 140 Å². The van der Waals surface area contributed by atoms with Crippen LogP contribution in [0.2, 0.25) is 0 Å². The minimum Gasteiger partial charge on any atom is -0.481 e. The fourth-order valence-corrected chi connectivity index (χ4v) is 18.1. The van der Waals surface area contributed by atoms with Crippen LogP contribution in [0.5, 0.6) is 0 Å². The summed E-state index contributed by atoms with van der Waals surface area (Å²) in [5, 5.41) is 50.5. The number of carbonyl (C=O) groups is 8. The third-order valence-electron chi connectivity index (χ3n) is 17.4. The molecular weight excluding hydrogens is 1620 g/mol. The molecular formula is C65H88N10O30P3S4+. The second-order valence-corrected chi connectivity index (χ2v) is 36.3. The Kier molecular flexibility index (Phi) is 33.4. The maximum atomic E-state index is 13.8. The van der Waals surface area contributed by atoms with Crippen LogP contribution >= 0.6 is 45.1 Å². The van der Waals surface area contributed by atoms with Gasteiger partial charge in [0, 0.05) is 91.0 Å². The average Bonchev–Trinajstić information content (AvgIpc) is 1.59. The summed E-state index contributed by atoms with van der Waals surface area (Å²) < 4.78 is 124. The summed E-state index contributed by atoms with van der Waals surface area (Å²) >= 11 is 0. The van der Waals surface area contributed by atoms with E-state index in [-0.39, 0.29) is 84.3 Å². The molecule has 112 heavy (non-hydrogen) atoms. The summed E-state index contributed by atoms with van der Waals surface area (Å²) in [4.78, 5) is 155. The number of anilines is 2. The van der Waals surface area contributed by atoms with Crippen LogP contribution in [0.1, 0.15) is 135 Å². The van der Waals surface area contributed by atoms with Gasteiger partial charge in [0.1, 0.15) is 42.8 Å². The van der Waals surface area contributed by atoms with Gasteiger partial charge in [-0.2, -0.15) is 35.0 Å². The molecule has 2 aromatic carbocycles. The molecule has 5 amide bonds. The molecule has 0 bridgehead atoms. The number of nitrogens with zero attached hydrogens (tertiary/aromatic N) is 4. The molecule has 0 radical (unpaired) electrons. The Morgan fingerprint density at radius 2 is 1.37 bits per heavy atom. The number of nitrogens with two attached hydrogens (primary N) is 1. The molecule has 616 valence electrons. The van der Waals surface area contributed by atoms with Gasteiger partial charge in [-0.3, -0.25) is 51.8 Å². The number of allylic oxidation sites excluding steroid dienone is 6. The Labute approximate surface area is 650 Å². The summed E-state index contributed by atoms with van der Waals surface area (Å²) in [5.41, 5.74) is 7.91. The number of ether oxygens (including phenoxy) is 1. The number of fused-ring (bicyclic) bond motifs is 2. The number of hydrogen-bond donors (Lipinski definition) is 16. The standard InChI is InChI=1S/C65H87N10O30P3S4/c1-6-73-47-24-22-40(111(96,97)98)31-42(47)64(2,3)51(73)18-10-7-11-19-52-65(4,5)43-32-41(112(99,100)101)23-25-48(43)74(52)29-15-9-13-21-55(79)70-46(60(84)68-27-14-8-12-20-54(78)69-44(33-57(80)81)61(85)71-45(62(86)87)34-58(82)83)38-110-109-30-26-53(77)67-28-16-17-39-36-75(63(88)72-59(39)66)56-35-49(76)50(103-56)37-102-107(92,93)105-108(94,95)104-106(89,90)91/h7,10-11,18-19,22-25,31-32,36,44-46,49-50,56,76H,6,8-9,12-15,20-21,26-30,33-35,37-38H2,1-5H3,(H15-,66,67,68,69,70,71,72,77,78,79,80,81,82,83,84,85,86,87,88,89,90,91,92,93,94,95,96,97,98,99,100,101)/p+1/t44?,45?,46?,49?,50-,56-/m1/s1. The number of hydrogen-bond acceptors (Lipinski definition) is 26. The van der Waals surface area contributed by atoms with Gasteiger partial charge >= 0.3 is 47.1 Å². The second kappa shape index (κ2) is 40.3. The number of amides is 5. The minimum absolute atomic E-state index is 0.00134. The van der Waals surface area contributed by atoms with Crippen molar-refractivity contribution in [2.24, 2.45) is 0 Å². The maximum absolute atomic E-state index is 13.8. The second-order valence-electron chi connectivity index (χ2n) is 26.4. The number of aliphatic hydroxyl groups excluding tert-OH is 1. The van der Waals surface area contributed by atoms with Crippen molar-refractivity contribution in [2.45, 2.75) is 169 Å². The first kappa shape index (κ1) is 92.8. The number of carboxylic acid groups (broad SMARTS) is 3. The number of phosphoric ester groups is 1. The Morgan fingerprint density at radius 3 is 1.98 bits per heavy atom. The van der Waals surface area contributed by atoms with Crippen molar-refractivity contribution in [3.8, 4) is 11.8 Å². The van der Waals surface area contributed by atoms with Crippen molar-refractivity contribution in [3.63, 3.8) is 0 Å². The Morgan fingerprint density at radius 1 is 0.750 bits per heavy atom. The zero-order valence-corrected chi connectivity index (χ0v) is 66.8. The van der Waals surface area contributed by atoms with Crippen molar-refractivity contribution in [2.75, 3.05) is 54.9 Å². The zero-order valence-electron chi connectivity index (χ0n) is 60.8. The first-order chi connectivity index (χ1) is 52.1. The molecule has 4 heterocycles. The van der Waals surface area contributed by atoms with E-state index in [1.807, 2.05) is 79.8 Å². The van der Waals surface area contributed by atoms with Gasteiger partial charge in [-0.25, -0.2) is 23.3 Å². The van der Waals surface area contributed by atoms with Crippen LogP contribution in [-0.2, 0) is 101 Å². The Balaban J connectivity index is 1.05. The fraction of sp³-hybridized carbons (Fsp3) is 0.492. The van der Waals surface area contributed by atoms with Gasteiger partial charge in [0.25, 0.3) is 20.2 Å². The molecule has 0 saturated carbocycles. The maximum Gasteiger partial charge on any atom is 0.490 e. The van der Waals surface area contributed by atoms with Crippen LogP contribution in [0.4, 0.5) is 17.2 Å². The van der Waals surface area contributed by atoms with E-state index in [2.05, 4.69) is 51.2 Å². The highest BCUT2D eigenvalue weighted by Crippen LogP contribution is 2.66. The average molecular weight is 1710 g/mol. The van der Waals surface area contributed by atoms with Gasteiger partial charge in [0.05, 0.1) is 52.9 Å². The van der Waals surface area contributed by atoms with Crippen molar-refractivity contribution in [1.29, 1.82) is 0 Å². The SMILES string of the molecule is CC[N+]1=C(/C=C/C=C/C=C2/N(CCCCCC(=O)NC(CSSCCC(=O)NCC#Cc3cn([C@H]4CC(O)[C@@H](COP(=O)(O)OP(=O)(O)OP(=O)(O)O)O4)c(=O)nc3N)C(=O)NCCCCCC(=O)NC(CC(=O)O)C(=O)NC(CC(=O)O)C(=O)O)c3ccc(S(=O)(=O)O)cc3C2(C)C)C(C)(C)c2cc(S(=O)(=O)O)ccc21. The molecule has 0 spiro atoms. The van der Waals surface area contributed by atoms with Crippen molar-refractivity contribution >= 4 is 136 Å². The van der Waals surface area contributed by atoms with Crippen LogP contribution in [0.15, 0.2) is 93.3 Å². The summed E-state index contributed by atoms with van der Waals surface area (Å²) in [6.45, 7) is 9.40. The van der Waals surface area contributed by atoms with Gasteiger partial charge in [-0.1, -0.05) is 78.3 Å². The van der Waals surface area contributed by atoms with Crippen molar-refractivity contribution in [1.82, 2.24) is 36.1 Å². The number of nitrogens with one attached hydrogen (secondary N) is 5. The molecule has 6 unspecified atom stereocenters. The fourth-order valence-electron chi connectivity index (χ4n) is 11.9. The number of carbonyl (C=O) groups excluding carboxylic acids is 5. The van der Waals surface area contributed by atoms with Crippen LogP contribution in [0, 0.1) is 11.8 Å². The minimum atomic E-state index is -5.85. The predicted octanol–water partition coefficient (Wildman–Crippen LogP) is 3.17. The number of aromatic nitrogens is 2. The van der Waals surface area contributed by atoms with Gasteiger partial charge < -0.3 is 82.0 Å². The Hall–Kier alpha value is -8.02. The lowest BCUT2D eigenvalue weighted by atomic mass is 9.81.